The lowest BCUT2D eigenvalue weighted by atomic mass is 10.0. The molecule has 0 saturated heterocycles. The molecule has 0 aliphatic carbocycles. The molecule has 0 fully saturated rings. The van der Waals surface area contributed by atoms with Gasteiger partial charge in [-0.15, -0.1) is 0 Å². The summed E-state index contributed by atoms with van der Waals surface area (Å²) < 4.78 is 5.94. The van der Waals surface area contributed by atoms with E-state index in [2.05, 4.69) is 57.5 Å². The quantitative estimate of drug-likeness (QED) is 0.178. The molecule has 0 atom stereocenters. The highest BCUT2D eigenvalue weighted by Crippen LogP contribution is 2.36. The number of imidazole rings is 1. The Morgan fingerprint density at radius 2 is 0.945 bits per heavy atom. The minimum atomic E-state index is -0.100. The molecule has 8 nitrogen and oxygen atoms in total. The van der Waals surface area contributed by atoms with E-state index in [1.54, 1.807) is 4.57 Å². The van der Waals surface area contributed by atoms with Gasteiger partial charge in [0, 0.05) is 21.9 Å². The van der Waals surface area contributed by atoms with E-state index in [0.29, 0.717) is 28.8 Å². The van der Waals surface area contributed by atoms with E-state index in [-0.39, 0.29) is 5.56 Å². The lowest BCUT2D eigenvalue weighted by Crippen LogP contribution is -2.21. The molecule has 11 rings (SSSR count). The molecule has 0 unspecified atom stereocenters. The highest BCUT2D eigenvalue weighted by molar-refractivity contribution is 6.10. The molecule has 0 saturated carbocycles. The van der Waals surface area contributed by atoms with Crippen LogP contribution in [0.5, 0.6) is 0 Å². The van der Waals surface area contributed by atoms with Crippen LogP contribution in [0.2, 0.25) is 0 Å². The fourth-order valence-electron chi connectivity index (χ4n) is 7.77. The van der Waals surface area contributed by atoms with Crippen molar-refractivity contribution >= 4 is 49.5 Å². The monoisotopic (exact) mass is 707 g/mol. The summed E-state index contributed by atoms with van der Waals surface area (Å²) in [6.07, 6.45) is 0. The van der Waals surface area contributed by atoms with Gasteiger partial charge in [0.2, 0.25) is 11.7 Å². The van der Waals surface area contributed by atoms with E-state index >= 15 is 0 Å². The summed E-state index contributed by atoms with van der Waals surface area (Å²) in [6, 6.07) is 58.8. The number of benzene rings is 7. The second-order valence-corrected chi connectivity index (χ2v) is 13.5. The summed E-state index contributed by atoms with van der Waals surface area (Å²) >= 11 is 0. The first-order valence-corrected chi connectivity index (χ1v) is 18.1. The number of fused-ring (bicyclic) bond motifs is 8. The van der Waals surface area contributed by atoms with Crippen molar-refractivity contribution in [1.29, 1.82) is 0 Å². The molecular weight excluding hydrogens is 679 g/mol. The maximum atomic E-state index is 13.9. The molecular formula is C47H29N7O. The van der Waals surface area contributed by atoms with Gasteiger partial charge in [-0.05, 0) is 65.7 Å². The molecule has 0 radical (unpaired) electrons. The second-order valence-electron chi connectivity index (χ2n) is 13.5. The van der Waals surface area contributed by atoms with E-state index < -0.39 is 0 Å². The van der Waals surface area contributed by atoms with Crippen molar-refractivity contribution in [2.24, 2.45) is 0 Å². The van der Waals surface area contributed by atoms with Gasteiger partial charge >= 0.3 is 0 Å². The van der Waals surface area contributed by atoms with E-state index in [0.717, 1.165) is 66.3 Å². The van der Waals surface area contributed by atoms with E-state index in [1.165, 1.54) is 0 Å². The van der Waals surface area contributed by atoms with Crippen molar-refractivity contribution < 1.29 is 0 Å². The van der Waals surface area contributed by atoms with Crippen LogP contribution in [0.4, 0.5) is 0 Å². The minimum absolute atomic E-state index is 0.100. The van der Waals surface area contributed by atoms with E-state index in [9.17, 15) is 4.79 Å². The third kappa shape index (κ3) is 4.89. The van der Waals surface area contributed by atoms with Crippen LogP contribution >= 0.6 is 0 Å². The summed E-state index contributed by atoms with van der Waals surface area (Å²) in [4.78, 5) is 34.0. The van der Waals surface area contributed by atoms with Gasteiger partial charge in [0.1, 0.15) is 0 Å². The summed E-state index contributed by atoms with van der Waals surface area (Å²) in [5, 5.41) is 2.80. The standard InChI is InChI=1S/C47H29N7O/c55-45-36-21-11-13-23-40(36)54-42-29-33(24-26-38(42)48-47(54)52(45)34-18-8-3-9-19-34)32-25-27-41-37(28-32)35-20-10-12-22-39(35)53(41)46-50-43(30-14-4-1-5-15-30)49-44(51-46)31-16-6-2-7-17-31/h1-29H. The molecule has 55 heavy (non-hydrogen) atoms. The van der Waals surface area contributed by atoms with Gasteiger partial charge in [0.15, 0.2) is 11.6 Å². The normalized spacial score (nSPS) is 11.7. The predicted octanol–water partition coefficient (Wildman–Crippen LogP) is 10.1. The van der Waals surface area contributed by atoms with Crippen LogP contribution in [0.25, 0.3) is 95.1 Å². The third-order valence-corrected chi connectivity index (χ3v) is 10.3. The fourth-order valence-corrected chi connectivity index (χ4v) is 7.77. The zero-order valence-corrected chi connectivity index (χ0v) is 29.3. The first kappa shape index (κ1) is 30.9. The van der Waals surface area contributed by atoms with Crippen LogP contribution in [-0.4, -0.2) is 33.5 Å². The Kier molecular flexibility index (Phi) is 6.84. The third-order valence-electron chi connectivity index (χ3n) is 10.3. The molecule has 0 N–H and O–H groups in total. The van der Waals surface area contributed by atoms with Gasteiger partial charge in [0.05, 0.1) is 38.7 Å². The van der Waals surface area contributed by atoms with Crippen molar-refractivity contribution in [2.75, 3.05) is 0 Å². The molecule has 258 valence electrons. The average Bonchev–Trinajstić information content (AvgIpc) is 3.80. The minimum Gasteiger partial charge on any atom is -0.278 e. The Bertz CT molecular complexity index is 3270. The highest BCUT2D eigenvalue weighted by atomic mass is 16.1. The molecule has 4 aromatic heterocycles. The fraction of sp³-hybridized carbons (Fsp3) is 0. The first-order chi connectivity index (χ1) is 27.2. The maximum absolute atomic E-state index is 13.9. The molecule has 7 aromatic carbocycles. The van der Waals surface area contributed by atoms with E-state index in [4.69, 9.17) is 19.9 Å². The highest BCUT2D eigenvalue weighted by Gasteiger charge is 2.20. The Hall–Kier alpha value is -7.71. The maximum Gasteiger partial charge on any atom is 0.267 e. The molecule has 11 aromatic rings. The molecule has 0 bridgehead atoms. The molecule has 8 heteroatoms. The van der Waals surface area contributed by atoms with Gasteiger partial charge in [-0.1, -0.05) is 121 Å². The van der Waals surface area contributed by atoms with Crippen LogP contribution in [0, 0.1) is 0 Å². The number of aromatic nitrogens is 7. The number of rotatable bonds is 5. The molecule has 0 aliphatic rings. The number of para-hydroxylation sites is 3. The van der Waals surface area contributed by atoms with Gasteiger partial charge in [-0.2, -0.15) is 9.97 Å². The molecule has 0 spiro atoms. The van der Waals surface area contributed by atoms with Crippen molar-refractivity contribution in [3.63, 3.8) is 0 Å². The van der Waals surface area contributed by atoms with Crippen LogP contribution in [0.3, 0.4) is 0 Å². The van der Waals surface area contributed by atoms with Crippen LogP contribution in [-0.2, 0) is 0 Å². The number of nitrogens with zero attached hydrogens (tertiary/aromatic N) is 7. The van der Waals surface area contributed by atoms with Crippen molar-refractivity contribution in [1.82, 2.24) is 33.5 Å². The van der Waals surface area contributed by atoms with Crippen molar-refractivity contribution in [3.05, 3.63) is 186 Å². The Morgan fingerprint density at radius 1 is 0.382 bits per heavy atom. The summed E-state index contributed by atoms with van der Waals surface area (Å²) in [7, 11) is 0. The number of hydrogen-bond donors (Lipinski definition) is 0. The van der Waals surface area contributed by atoms with Crippen LogP contribution in [0.1, 0.15) is 0 Å². The van der Waals surface area contributed by atoms with E-state index in [1.807, 2.05) is 127 Å². The largest absolute Gasteiger partial charge is 0.278 e. The van der Waals surface area contributed by atoms with Gasteiger partial charge < -0.3 is 0 Å². The van der Waals surface area contributed by atoms with Gasteiger partial charge in [-0.25, -0.2) is 14.5 Å². The summed E-state index contributed by atoms with van der Waals surface area (Å²) in [5.41, 5.74) is 9.13. The van der Waals surface area contributed by atoms with Crippen LogP contribution in [0.15, 0.2) is 181 Å². The molecule has 0 aliphatic heterocycles. The smallest absolute Gasteiger partial charge is 0.267 e. The topological polar surface area (TPSA) is 82.9 Å². The van der Waals surface area contributed by atoms with Gasteiger partial charge in [0.25, 0.3) is 5.56 Å². The molecule has 0 amide bonds. The number of hydrogen-bond acceptors (Lipinski definition) is 5. The average molecular weight is 708 g/mol. The predicted molar refractivity (Wildman–Crippen MR) is 220 cm³/mol. The SMILES string of the molecule is O=c1c2ccccc2n2c3cc(-c4ccc5c(c4)c4ccccc4n5-c4nc(-c5ccccc5)nc(-c5ccccc5)n4)ccc3nc2n1-c1ccccc1. The van der Waals surface area contributed by atoms with Crippen molar-refractivity contribution in [3.8, 4) is 45.5 Å². The lowest BCUT2D eigenvalue weighted by Gasteiger charge is -2.11. The van der Waals surface area contributed by atoms with Crippen molar-refractivity contribution in [2.45, 2.75) is 0 Å². The summed E-state index contributed by atoms with van der Waals surface area (Å²) in [6.45, 7) is 0. The lowest BCUT2D eigenvalue weighted by molar-refractivity contribution is 0.953. The summed E-state index contributed by atoms with van der Waals surface area (Å²) in [5.74, 6) is 2.34. The Balaban J connectivity index is 1.12. The second kappa shape index (κ2) is 12.2. The Labute approximate surface area is 313 Å². The van der Waals surface area contributed by atoms with Crippen LogP contribution < -0.4 is 5.56 Å². The molecule has 4 heterocycles. The van der Waals surface area contributed by atoms with Gasteiger partial charge in [-0.3, -0.25) is 13.8 Å². The first-order valence-electron chi connectivity index (χ1n) is 18.1. The Morgan fingerprint density at radius 3 is 1.65 bits per heavy atom. The zero-order chi connectivity index (χ0) is 36.5. The zero-order valence-electron chi connectivity index (χ0n) is 29.3.